The molecule has 2 heterocycles. The summed E-state index contributed by atoms with van der Waals surface area (Å²) in [6.07, 6.45) is 4.18. The highest BCUT2D eigenvalue weighted by Gasteiger charge is 2.27. The molecule has 2 aromatic rings. The Balaban J connectivity index is 1.67. The maximum absolute atomic E-state index is 4.32. The van der Waals surface area contributed by atoms with Crippen LogP contribution in [0.3, 0.4) is 0 Å². The highest BCUT2D eigenvalue weighted by Crippen LogP contribution is 2.36. The highest BCUT2D eigenvalue weighted by molar-refractivity contribution is 9.10. The van der Waals surface area contributed by atoms with E-state index < -0.39 is 0 Å². The molecule has 3 rings (SSSR count). The lowest BCUT2D eigenvalue weighted by atomic mass is 10.4. The molecule has 7 heteroatoms. The first-order valence-corrected chi connectivity index (χ1v) is 7.12. The predicted octanol–water partition coefficient (Wildman–Crippen LogP) is 2.46. The minimum atomic E-state index is 0.519. The van der Waals surface area contributed by atoms with Crippen molar-refractivity contribution in [1.82, 2.24) is 25.2 Å². The van der Waals surface area contributed by atoms with Crippen molar-refractivity contribution in [3.8, 4) is 0 Å². The average molecular weight is 312 g/mol. The third kappa shape index (κ3) is 2.66. The van der Waals surface area contributed by atoms with Gasteiger partial charge in [0.15, 0.2) is 0 Å². The van der Waals surface area contributed by atoms with Gasteiger partial charge in [0.1, 0.15) is 0 Å². The number of hydrogen-bond acceptors (Lipinski definition) is 5. The molecule has 1 aliphatic carbocycles. The van der Waals surface area contributed by atoms with Crippen molar-refractivity contribution in [3.05, 3.63) is 28.5 Å². The second-order valence-corrected chi connectivity index (χ2v) is 5.75. The molecule has 0 unspecified atom stereocenters. The molecular formula is C10H10BrN5S. The first kappa shape index (κ1) is 11.2. The van der Waals surface area contributed by atoms with Gasteiger partial charge in [0, 0.05) is 16.4 Å². The summed E-state index contributed by atoms with van der Waals surface area (Å²) in [5.74, 6) is 0.792. The second kappa shape index (κ2) is 4.73. The van der Waals surface area contributed by atoms with Crippen LogP contribution in [-0.4, -0.2) is 25.2 Å². The normalized spacial score (nSPS) is 15.1. The zero-order valence-electron chi connectivity index (χ0n) is 8.95. The lowest BCUT2D eigenvalue weighted by Gasteiger charge is -2.01. The van der Waals surface area contributed by atoms with E-state index in [9.17, 15) is 0 Å². The first-order valence-electron chi connectivity index (χ1n) is 5.34. The van der Waals surface area contributed by atoms with Crippen LogP contribution in [0.2, 0.25) is 0 Å². The van der Waals surface area contributed by atoms with Gasteiger partial charge in [-0.3, -0.25) is 4.98 Å². The smallest absolute Gasteiger partial charge is 0.209 e. The van der Waals surface area contributed by atoms with Crippen molar-refractivity contribution in [2.75, 3.05) is 0 Å². The molecule has 17 heavy (non-hydrogen) atoms. The molecule has 88 valence electrons. The van der Waals surface area contributed by atoms with Gasteiger partial charge in [-0.1, -0.05) is 11.8 Å². The summed E-state index contributed by atoms with van der Waals surface area (Å²) in [6, 6.07) is 4.51. The molecule has 0 aliphatic heterocycles. The monoisotopic (exact) mass is 311 g/mol. The van der Waals surface area contributed by atoms with E-state index in [2.05, 4.69) is 36.4 Å². The number of rotatable bonds is 4. The highest BCUT2D eigenvalue weighted by atomic mass is 79.9. The summed E-state index contributed by atoms with van der Waals surface area (Å²) in [7, 11) is 0. The molecule has 1 aliphatic rings. The molecule has 0 aromatic carbocycles. The molecule has 0 bridgehead atoms. The van der Waals surface area contributed by atoms with Gasteiger partial charge >= 0.3 is 0 Å². The zero-order valence-corrected chi connectivity index (χ0v) is 11.4. The molecular weight excluding hydrogens is 302 g/mol. The van der Waals surface area contributed by atoms with Gasteiger partial charge in [-0.15, -0.1) is 5.10 Å². The largest absolute Gasteiger partial charge is 0.259 e. The summed E-state index contributed by atoms with van der Waals surface area (Å²) < 4.78 is 2.91. The Morgan fingerprint density at radius 1 is 1.41 bits per heavy atom. The maximum atomic E-state index is 4.32. The predicted molar refractivity (Wildman–Crippen MR) is 67.6 cm³/mol. The van der Waals surface area contributed by atoms with Crippen LogP contribution in [0, 0.1) is 0 Å². The fourth-order valence-corrected chi connectivity index (χ4v) is 2.55. The molecule has 0 atom stereocenters. The third-order valence-electron chi connectivity index (χ3n) is 2.49. The van der Waals surface area contributed by atoms with Crippen molar-refractivity contribution in [1.29, 1.82) is 0 Å². The van der Waals surface area contributed by atoms with Crippen molar-refractivity contribution in [3.63, 3.8) is 0 Å². The number of aromatic nitrogens is 5. The molecule has 0 saturated heterocycles. The maximum Gasteiger partial charge on any atom is 0.209 e. The number of thioether (sulfide) groups is 1. The molecule has 1 saturated carbocycles. The Morgan fingerprint density at radius 3 is 3.00 bits per heavy atom. The molecule has 0 amide bonds. The Hall–Kier alpha value is -0.950. The van der Waals surface area contributed by atoms with Crippen LogP contribution in [-0.2, 0) is 5.75 Å². The van der Waals surface area contributed by atoms with Gasteiger partial charge < -0.3 is 0 Å². The van der Waals surface area contributed by atoms with Gasteiger partial charge in [0.25, 0.3) is 0 Å². The Bertz CT molecular complexity index is 508. The number of tetrazole rings is 1. The van der Waals surface area contributed by atoms with E-state index in [4.69, 9.17) is 0 Å². The van der Waals surface area contributed by atoms with Gasteiger partial charge in [0.2, 0.25) is 5.16 Å². The summed E-state index contributed by atoms with van der Waals surface area (Å²) in [6.45, 7) is 0. The van der Waals surface area contributed by atoms with Crippen molar-refractivity contribution in [2.45, 2.75) is 29.8 Å². The van der Waals surface area contributed by atoms with Gasteiger partial charge in [-0.25, -0.2) is 4.68 Å². The van der Waals surface area contributed by atoms with E-state index in [1.807, 2.05) is 16.8 Å². The number of hydrogen-bond donors (Lipinski definition) is 0. The quantitative estimate of drug-likeness (QED) is 0.812. The fraction of sp³-hybridized carbons (Fsp3) is 0.400. The van der Waals surface area contributed by atoms with E-state index in [-0.39, 0.29) is 0 Å². The van der Waals surface area contributed by atoms with E-state index in [0.29, 0.717) is 6.04 Å². The summed E-state index contributed by atoms with van der Waals surface area (Å²) in [5.41, 5.74) is 1.03. The van der Waals surface area contributed by atoms with Crippen LogP contribution in [0.25, 0.3) is 0 Å². The standard InChI is InChI=1S/C10H10BrN5S/c11-7-1-2-8(12-5-7)6-17-10-13-14-15-16(10)9-3-4-9/h1-2,5,9H,3-4,6H2. The lowest BCUT2D eigenvalue weighted by Crippen LogP contribution is -1.99. The van der Waals surface area contributed by atoms with Crippen LogP contribution in [0.5, 0.6) is 0 Å². The second-order valence-electron chi connectivity index (χ2n) is 3.89. The van der Waals surface area contributed by atoms with Gasteiger partial charge in [0.05, 0.1) is 11.7 Å². The van der Waals surface area contributed by atoms with E-state index >= 15 is 0 Å². The molecule has 1 fully saturated rings. The number of pyridine rings is 1. The van der Waals surface area contributed by atoms with E-state index in [1.54, 1.807) is 18.0 Å². The average Bonchev–Trinajstić information content (AvgIpc) is 3.08. The lowest BCUT2D eigenvalue weighted by molar-refractivity contribution is 0.565. The Labute approximate surface area is 111 Å². The fourth-order valence-electron chi connectivity index (χ4n) is 1.46. The van der Waals surface area contributed by atoms with Crippen molar-refractivity contribution >= 4 is 27.7 Å². The minimum Gasteiger partial charge on any atom is -0.259 e. The van der Waals surface area contributed by atoms with E-state index in [0.717, 1.165) is 21.1 Å². The van der Waals surface area contributed by atoms with Gasteiger partial charge in [-0.05, 0) is 51.3 Å². The van der Waals surface area contributed by atoms with Crippen LogP contribution >= 0.6 is 27.7 Å². The summed E-state index contributed by atoms with van der Waals surface area (Å²) >= 11 is 5.00. The molecule has 0 N–H and O–H groups in total. The zero-order chi connectivity index (χ0) is 11.7. The molecule has 2 aromatic heterocycles. The number of halogens is 1. The third-order valence-corrected chi connectivity index (χ3v) is 3.93. The number of nitrogens with zero attached hydrogens (tertiary/aromatic N) is 5. The molecule has 5 nitrogen and oxygen atoms in total. The Morgan fingerprint density at radius 2 is 2.29 bits per heavy atom. The van der Waals surface area contributed by atoms with Crippen molar-refractivity contribution < 1.29 is 0 Å². The van der Waals surface area contributed by atoms with Crippen molar-refractivity contribution in [2.24, 2.45) is 0 Å². The van der Waals surface area contributed by atoms with Crippen LogP contribution in [0.15, 0.2) is 28.0 Å². The molecule has 0 radical (unpaired) electrons. The first-order chi connectivity index (χ1) is 8.33. The van der Waals surface area contributed by atoms with E-state index in [1.165, 1.54) is 12.8 Å². The SMILES string of the molecule is Brc1ccc(CSc2nnnn2C2CC2)nc1. The Kier molecular flexibility index (Phi) is 3.11. The summed E-state index contributed by atoms with van der Waals surface area (Å²) in [5, 5.41) is 12.7. The van der Waals surface area contributed by atoms with Gasteiger partial charge in [-0.2, -0.15) is 0 Å². The van der Waals surface area contributed by atoms with Crippen LogP contribution in [0.1, 0.15) is 24.6 Å². The van der Waals surface area contributed by atoms with Crippen LogP contribution in [0.4, 0.5) is 0 Å². The van der Waals surface area contributed by atoms with Crippen LogP contribution < -0.4 is 0 Å². The molecule has 0 spiro atoms. The topological polar surface area (TPSA) is 56.5 Å². The summed E-state index contributed by atoms with van der Waals surface area (Å²) in [4.78, 5) is 4.32. The minimum absolute atomic E-state index is 0.519.